The van der Waals surface area contributed by atoms with E-state index in [-0.39, 0.29) is 17.8 Å². The number of ether oxygens (including phenoxy) is 3. The summed E-state index contributed by atoms with van der Waals surface area (Å²) in [5, 5.41) is 16.1. The maximum absolute atomic E-state index is 12.5. The van der Waals surface area contributed by atoms with E-state index in [1.54, 1.807) is 18.2 Å². The van der Waals surface area contributed by atoms with Crippen LogP contribution < -0.4 is 24.8 Å². The van der Waals surface area contributed by atoms with Crippen LogP contribution >= 0.6 is 0 Å². The highest BCUT2D eigenvalue weighted by molar-refractivity contribution is 6.02. The molecule has 0 aromatic heterocycles. The van der Waals surface area contributed by atoms with Crippen molar-refractivity contribution in [2.75, 3.05) is 25.5 Å². The first-order valence-electron chi connectivity index (χ1n) is 11.6. The number of phenols is 1. The van der Waals surface area contributed by atoms with E-state index in [0.29, 0.717) is 29.4 Å². The van der Waals surface area contributed by atoms with Gasteiger partial charge in [0, 0.05) is 23.4 Å². The molecule has 3 aromatic carbocycles. The SMILES string of the molecule is COc1ccc(/C=C/C(=O)Nc2ccccc2COc2cccc(OC3CCNCC3)c2)cc1O. The molecular weight excluding hydrogens is 444 g/mol. The van der Waals surface area contributed by atoms with E-state index in [2.05, 4.69) is 10.6 Å². The van der Waals surface area contributed by atoms with E-state index in [9.17, 15) is 9.90 Å². The standard InChI is InChI=1S/C28H30N2O5/c1-33-27-11-9-20(17-26(27)31)10-12-28(32)30-25-8-3-2-5-21(25)19-34-23-6-4-7-24(18-23)35-22-13-15-29-16-14-22/h2-12,17-18,22,29,31H,13-16,19H2,1H3,(H,30,32)/b12-10+. The van der Waals surface area contributed by atoms with Crippen LogP contribution in [0.3, 0.4) is 0 Å². The second kappa shape index (κ2) is 11.9. The number of para-hydroxylation sites is 1. The number of carbonyl (C=O) groups excluding carboxylic acids is 1. The van der Waals surface area contributed by atoms with Crippen molar-refractivity contribution < 1.29 is 24.1 Å². The number of anilines is 1. The van der Waals surface area contributed by atoms with Crippen LogP contribution in [0.25, 0.3) is 6.08 Å². The van der Waals surface area contributed by atoms with Crippen molar-refractivity contribution in [3.63, 3.8) is 0 Å². The van der Waals surface area contributed by atoms with Crippen molar-refractivity contribution in [1.82, 2.24) is 5.32 Å². The van der Waals surface area contributed by atoms with Gasteiger partial charge >= 0.3 is 0 Å². The zero-order chi connectivity index (χ0) is 24.5. The number of hydrogen-bond acceptors (Lipinski definition) is 6. The van der Waals surface area contributed by atoms with Crippen LogP contribution in [0.2, 0.25) is 0 Å². The Morgan fingerprint density at radius 2 is 1.86 bits per heavy atom. The minimum absolute atomic E-state index is 0.0165. The molecular formula is C28H30N2O5. The van der Waals surface area contributed by atoms with Gasteiger partial charge in [-0.2, -0.15) is 0 Å². The lowest BCUT2D eigenvalue weighted by Gasteiger charge is -2.24. The number of rotatable bonds is 9. The first kappa shape index (κ1) is 24.2. The third-order valence-corrected chi connectivity index (χ3v) is 5.69. The Morgan fingerprint density at radius 1 is 1.06 bits per heavy atom. The lowest BCUT2D eigenvalue weighted by atomic mass is 10.1. The summed E-state index contributed by atoms with van der Waals surface area (Å²) in [7, 11) is 1.49. The summed E-state index contributed by atoms with van der Waals surface area (Å²) in [6.07, 6.45) is 5.25. The molecule has 0 spiro atoms. The van der Waals surface area contributed by atoms with Crippen LogP contribution in [0.5, 0.6) is 23.0 Å². The molecule has 0 radical (unpaired) electrons. The van der Waals surface area contributed by atoms with E-state index in [4.69, 9.17) is 14.2 Å². The molecule has 0 atom stereocenters. The van der Waals surface area contributed by atoms with Gasteiger partial charge in [-0.1, -0.05) is 30.3 Å². The van der Waals surface area contributed by atoms with Crippen molar-refractivity contribution in [3.8, 4) is 23.0 Å². The number of nitrogens with one attached hydrogen (secondary N) is 2. The molecule has 0 saturated carbocycles. The van der Waals surface area contributed by atoms with Crippen molar-refractivity contribution >= 4 is 17.7 Å². The van der Waals surface area contributed by atoms with Crippen molar-refractivity contribution in [3.05, 3.63) is 83.9 Å². The summed E-state index contributed by atoms with van der Waals surface area (Å²) >= 11 is 0. The quantitative estimate of drug-likeness (QED) is 0.388. The van der Waals surface area contributed by atoms with Gasteiger partial charge in [-0.05, 0) is 67.9 Å². The smallest absolute Gasteiger partial charge is 0.248 e. The Kier molecular flexibility index (Phi) is 8.25. The van der Waals surface area contributed by atoms with E-state index in [1.165, 1.54) is 19.3 Å². The predicted molar refractivity (Wildman–Crippen MR) is 136 cm³/mol. The Labute approximate surface area is 205 Å². The Balaban J connectivity index is 1.35. The molecule has 7 heteroatoms. The van der Waals surface area contributed by atoms with Crippen LogP contribution in [0, 0.1) is 0 Å². The van der Waals surface area contributed by atoms with Gasteiger partial charge in [-0.25, -0.2) is 0 Å². The number of amides is 1. The molecule has 7 nitrogen and oxygen atoms in total. The van der Waals surface area contributed by atoms with E-state index < -0.39 is 0 Å². The van der Waals surface area contributed by atoms with E-state index in [1.807, 2.05) is 48.5 Å². The van der Waals surface area contributed by atoms with Gasteiger partial charge in [0.15, 0.2) is 11.5 Å². The first-order chi connectivity index (χ1) is 17.1. The maximum atomic E-state index is 12.5. The highest BCUT2D eigenvalue weighted by atomic mass is 16.5. The number of phenolic OH excluding ortho intramolecular Hbond substituents is 1. The number of carbonyl (C=O) groups is 1. The average Bonchev–Trinajstić information content (AvgIpc) is 2.88. The fraction of sp³-hybridized carbons (Fsp3) is 0.250. The summed E-state index contributed by atoms with van der Waals surface area (Å²) in [5.41, 5.74) is 2.20. The molecule has 4 rings (SSSR count). The molecule has 1 fully saturated rings. The number of benzene rings is 3. The lowest BCUT2D eigenvalue weighted by Crippen LogP contribution is -2.34. The van der Waals surface area contributed by atoms with E-state index in [0.717, 1.165) is 37.2 Å². The Bertz CT molecular complexity index is 1170. The molecule has 182 valence electrons. The second-order valence-corrected chi connectivity index (χ2v) is 8.24. The van der Waals surface area contributed by atoms with Crippen molar-refractivity contribution in [2.45, 2.75) is 25.6 Å². The van der Waals surface area contributed by atoms with Crippen LogP contribution in [0.1, 0.15) is 24.0 Å². The molecule has 3 N–H and O–H groups in total. The van der Waals surface area contributed by atoms with Crippen LogP contribution in [0.15, 0.2) is 72.8 Å². The molecule has 1 amide bonds. The largest absolute Gasteiger partial charge is 0.504 e. The number of piperidine rings is 1. The monoisotopic (exact) mass is 474 g/mol. The number of aromatic hydroxyl groups is 1. The summed E-state index contributed by atoms with van der Waals surface area (Å²) in [6.45, 7) is 2.24. The molecule has 1 aliphatic rings. The molecule has 0 bridgehead atoms. The Hall–Kier alpha value is -3.97. The zero-order valence-corrected chi connectivity index (χ0v) is 19.7. The lowest BCUT2D eigenvalue weighted by molar-refractivity contribution is -0.111. The molecule has 1 saturated heterocycles. The van der Waals surface area contributed by atoms with Gasteiger partial charge < -0.3 is 30.0 Å². The third-order valence-electron chi connectivity index (χ3n) is 5.69. The molecule has 35 heavy (non-hydrogen) atoms. The topological polar surface area (TPSA) is 89.1 Å². The number of hydrogen-bond donors (Lipinski definition) is 3. The minimum Gasteiger partial charge on any atom is -0.504 e. The zero-order valence-electron chi connectivity index (χ0n) is 19.7. The second-order valence-electron chi connectivity index (χ2n) is 8.24. The average molecular weight is 475 g/mol. The van der Waals surface area contributed by atoms with Gasteiger partial charge in [0.2, 0.25) is 5.91 Å². The predicted octanol–water partition coefficient (Wildman–Crippen LogP) is 4.76. The molecule has 3 aromatic rings. The number of methoxy groups -OCH3 is 1. The van der Waals surface area contributed by atoms with Crippen LogP contribution in [-0.4, -0.2) is 37.3 Å². The fourth-order valence-electron chi connectivity index (χ4n) is 3.83. The summed E-state index contributed by atoms with van der Waals surface area (Å²) in [5.74, 6) is 1.61. The molecule has 0 unspecified atom stereocenters. The van der Waals surface area contributed by atoms with Crippen LogP contribution in [-0.2, 0) is 11.4 Å². The molecule has 1 aliphatic heterocycles. The maximum Gasteiger partial charge on any atom is 0.248 e. The molecule has 1 heterocycles. The highest BCUT2D eigenvalue weighted by Crippen LogP contribution is 2.27. The molecule has 0 aliphatic carbocycles. The Morgan fingerprint density at radius 3 is 2.66 bits per heavy atom. The van der Waals surface area contributed by atoms with Gasteiger partial charge in [-0.15, -0.1) is 0 Å². The highest BCUT2D eigenvalue weighted by Gasteiger charge is 2.14. The van der Waals surface area contributed by atoms with E-state index >= 15 is 0 Å². The van der Waals surface area contributed by atoms with Gasteiger partial charge in [0.05, 0.1) is 7.11 Å². The summed E-state index contributed by atoms with van der Waals surface area (Å²) in [4.78, 5) is 12.5. The summed E-state index contributed by atoms with van der Waals surface area (Å²) < 4.78 is 17.1. The van der Waals surface area contributed by atoms with Gasteiger partial charge in [0.25, 0.3) is 0 Å². The fourth-order valence-corrected chi connectivity index (χ4v) is 3.83. The van der Waals surface area contributed by atoms with Gasteiger partial charge in [-0.3, -0.25) is 4.79 Å². The third kappa shape index (κ3) is 7.01. The normalized spacial score (nSPS) is 14.0. The van der Waals surface area contributed by atoms with Crippen LogP contribution in [0.4, 0.5) is 5.69 Å². The van der Waals surface area contributed by atoms with Gasteiger partial charge in [0.1, 0.15) is 24.2 Å². The first-order valence-corrected chi connectivity index (χ1v) is 11.6. The minimum atomic E-state index is -0.287. The summed E-state index contributed by atoms with van der Waals surface area (Å²) in [6, 6.07) is 20.1. The van der Waals surface area contributed by atoms with Crippen molar-refractivity contribution in [2.24, 2.45) is 0 Å². The van der Waals surface area contributed by atoms with Crippen molar-refractivity contribution in [1.29, 1.82) is 0 Å².